The number of nitrogens with one attached hydrogen (secondary N) is 2. The second-order valence-electron chi connectivity index (χ2n) is 5.63. The van der Waals surface area contributed by atoms with Crippen molar-refractivity contribution in [2.75, 3.05) is 13.1 Å². The Labute approximate surface area is 106 Å². The van der Waals surface area contributed by atoms with E-state index in [2.05, 4.69) is 62.6 Å². The van der Waals surface area contributed by atoms with E-state index in [1.807, 2.05) is 0 Å². The Hall–Kier alpha value is -0.860. The van der Waals surface area contributed by atoms with Crippen LogP contribution in [0.15, 0.2) is 24.3 Å². The van der Waals surface area contributed by atoms with Gasteiger partial charge in [-0.3, -0.25) is 0 Å². The van der Waals surface area contributed by atoms with Crippen LogP contribution in [-0.2, 0) is 6.54 Å². The topological polar surface area (TPSA) is 24.1 Å². The molecule has 0 aliphatic carbocycles. The Morgan fingerprint density at radius 1 is 1.06 bits per heavy atom. The summed E-state index contributed by atoms with van der Waals surface area (Å²) in [6.07, 6.45) is 1.17. The first-order chi connectivity index (χ1) is 7.99. The third kappa shape index (κ3) is 6.44. The van der Waals surface area contributed by atoms with E-state index in [4.69, 9.17) is 0 Å². The van der Waals surface area contributed by atoms with Gasteiger partial charge in [0.05, 0.1) is 0 Å². The molecule has 0 spiro atoms. The molecule has 2 N–H and O–H groups in total. The molecule has 17 heavy (non-hydrogen) atoms. The minimum absolute atomic E-state index is 0.232. The zero-order valence-electron chi connectivity index (χ0n) is 11.6. The maximum atomic E-state index is 3.49. The molecule has 2 heteroatoms. The van der Waals surface area contributed by atoms with E-state index in [0.717, 1.165) is 19.6 Å². The molecule has 0 aliphatic rings. The summed E-state index contributed by atoms with van der Waals surface area (Å²) in [5, 5.41) is 6.98. The molecule has 1 aromatic carbocycles. The van der Waals surface area contributed by atoms with Crippen LogP contribution in [-0.4, -0.2) is 18.6 Å². The predicted octanol–water partition coefficient (Wildman–Crippen LogP) is 2.86. The Morgan fingerprint density at radius 3 is 2.41 bits per heavy atom. The lowest BCUT2D eigenvalue weighted by molar-refractivity contribution is 0.418. The van der Waals surface area contributed by atoms with E-state index in [1.165, 1.54) is 17.5 Å². The molecular formula is C15H26N2. The second kappa shape index (κ2) is 6.77. The molecule has 0 aromatic heterocycles. The lowest BCUT2D eigenvalue weighted by Gasteiger charge is -2.20. The molecule has 1 aromatic rings. The van der Waals surface area contributed by atoms with Gasteiger partial charge in [0.25, 0.3) is 0 Å². The van der Waals surface area contributed by atoms with Crippen molar-refractivity contribution >= 4 is 0 Å². The largest absolute Gasteiger partial charge is 0.313 e. The highest BCUT2D eigenvalue weighted by Gasteiger charge is 2.06. The van der Waals surface area contributed by atoms with Crippen molar-refractivity contribution in [3.8, 4) is 0 Å². The van der Waals surface area contributed by atoms with Crippen LogP contribution in [0.3, 0.4) is 0 Å². The minimum atomic E-state index is 0.232. The Balaban J connectivity index is 2.11. The number of aryl methyl sites for hydroxylation is 1. The minimum Gasteiger partial charge on any atom is -0.313 e. The highest BCUT2D eigenvalue weighted by Crippen LogP contribution is 2.05. The van der Waals surface area contributed by atoms with E-state index in [-0.39, 0.29) is 5.54 Å². The molecule has 0 atom stereocenters. The standard InChI is InChI=1S/C15H26N2/c1-13-8-5-6-9-14(13)12-16-10-7-11-17-15(2,3)4/h5-6,8-9,16-17H,7,10-12H2,1-4H3. The molecule has 2 nitrogen and oxygen atoms in total. The van der Waals surface area contributed by atoms with Gasteiger partial charge in [0.15, 0.2) is 0 Å². The molecule has 0 amide bonds. The fraction of sp³-hybridized carbons (Fsp3) is 0.600. The summed E-state index contributed by atoms with van der Waals surface area (Å²) in [5.41, 5.74) is 3.00. The van der Waals surface area contributed by atoms with Crippen LogP contribution in [0.4, 0.5) is 0 Å². The van der Waals surface area contributed by atoms with Crippen molar-refractivity contribution in [3.05, 3.63) is 35.4 Å². The summed E-state index contributed by atoms with van der Waals surface area (Å²) in [5.74, 6) is 0. The number of rotatable bonds is 6. The molecule has 0 fully saturated rings. The molecular weight excluding hydrogens is 208 g/mol. The van der Waals surface area contributed by atoms with E-state index in [9.17, 15) is 0 Å². The van der Waals surface area contributed by atoms with E-state index < -0.39 is 0 Å². The first kappa shape index (κ1) is 14.2. The van der Waals surface area contributed by atoms with Crippen LogP contribution >= 0.6 is 0 Å². The average Bonchev–Trinajstić information content (AvgIpc) is 2.24. The van der Waals surface area contributed by atoms with Crippen LogP contribution in [0.1, 0.15) is 38.3 Å². The van der Waals surface area contributed by atoms with Gasteiger partial charge >= 0.3 is 0 Å². The highest BCUT2D eigenvalue weighted by atomic mass is 14.9. The molecule has 0 saturated carbocycles. The molecule has 0 bridgehead atoms. The third-order valence-corrected chi connectivity index (χ3v) is 2.76. The maximum absolute atomic E-state index is 3.49. The zero-order valence-corrected chi connectivity index (χ0v) is 11.6. The average molecular weight is 234 g/mol. The molecule has 0 unspecified atom stereocenters. The molecule has 0 heterocycles. The Kier molecular flexibility index (Phi) is 5.66. The van der Waals surface area contributed by atoms with Gasteiger partial charge in [0.1, 0.15) is 0 Å². The first-order valence-corrected chi connectivity index (χ1v) is 6.49. The predicted molar refractivity (Wildman–Crippen MR) is 75.3 cm³/mol. The molecule has 0 saturated heterocycles. The second-order valence-corrected chi connectivity index (χ2v) is 5.63. The van der Waals surface area contributed by atoms with Gasteiger partial charge in [-0.25, -0.2) is 0 Å². The Morgan fingerprint density at radius 2 is 1.76 bits per heavy atom. The van der Waals surface area contributed by atoms with Crippen molar-refractivity contribution in [1.29, 1.82) is 0 Å². The van der Waals surface area contributed by atoms with Gasteiger partial charge < -0.3 is 10.6 Å². The summed E-state index contributed by atoms with van der Waals surface area (Å²) < 4.78 is 0. The van der Waals surface area contributed by atoms with Crippen LogP contribution in [0.5, 0.6) is 0 Å². The SMILES string of the molecule is Cc1ccccc1CNCCCNC(C)(C)C. The molecule has 96 valence electrons. The van der Waals surface area contributed by atoms with Gasteiger partial charge in [-0.2, -0.15) is 0 Å². The lowest BCUT2D eigenvalue weighted by atomic mass is 10.1. The van der Waals surface area contributed by atoms with Crippen LogP contribution in [0, 0.1) is 6.92 Å². The summed E-state index contributed by atoms with van der Waals surface area (Å²) in [6.45, 7) is 11.9. The van der Waals surface area contributed by atoms with Gasteiger partial charge in [-0.1, -0.05) is 24.3 Å². The molecule has 1 rings (SSSR count). The third-order valence-electron chi connectivity index (χ3n) is 2.76. The van der Waals surface area contributed by atoms with Crippen molar-refractivity contribution in [2.24, 2.45) is 0 Å². The monoisotopic (exact) mass is 234 g/mol. The van der Waals surface area contributed by atoms with Crippen LogP contribution in [0.25, 0.3) is 0 Å². The summed E-state index contributed by atoms with van der Waals surface area (Å²) in [7, 11) is 0. The molecule has 0 radical (unpaired) electrons. The maximum Gasteiger partial charge on any atom is 0.0208 e. The van der Waals surface area contributed by atoms with Crippen molar-refractivity contribution in [2.45, 2.75) is 46.2 Å². The zero-order chi connectivity index (χ0) is 12.7. The van der Waals surface area contributed by atoms with Crippen molar-refractivity contribution < 1.29 is 0 Å². The lowest BCUT2D eigenvalue weighted by Crippen LogP contribution is -2.37. The number of hydrogen-bond donors (Lipinski definition) is 2. The first-order valence-electron chi connectivity index (χ1n) is 6.49. The van der Waals surface area contributed by atoms with E-state index in [0.29, 0.717) is 0 Å². The fourth-order valence-corrected chi connectivity index (χ4v) is 1.71. The van der Waals surface area contributed by atoms with Gasteiger partial charge in [-0.05, 0) is 58.3 Å². The van der Waals surface area contributed by atoms with E-state index in [1.54, 1.807) is 0 Å². The quantitative estimate of drug-likeness (QED) is 0.740. The van der Waals surface area contributed by atoms with E-state index >= 15 is 0 Å². The van der Waals surface area contributed by atoms with Gasteiger partial charge in [0, 0.05) is 12.1 Å². The van der Waals surface area contributed by atoms with Crippen molar-refractivity contribution in [1.82, 2.24) is 10.6 Å². The number of benzene rings is 1. The summed E-state index contributed by atoms with van der Waals surface area (Å²) in [4.78, 5) is 0. The molecule has 0 aliphatic heterocycles. The number of hydrogen-bond acceptors (Lipinski definition) is 2. The van der Waals surface area contributed by atoms with Crippen LogP contribution in [0.2, 0.25) is 0 Å². The fourth-order valence-electron chi connectivity index (χ4n) is 1.71. The van der Waals surface area contributed by atoms with Gasteiger partial charge in [0.2, 0.25) is 0 Å². The smallest absolute Gasteiger partial charge is 0.0208 e. The van der Waals surface area contributed by atoms with Crippen LogP contribution < -0.4 is 10.6 Å². The highest BCUT2D eigenvalue weighted by molar-refractivity contribution is 5.25. The van der Waals surface area contributed by atoms with Gasteiger partial charge in [-0.15, -0.1) is 0 Å². The normalized spacial score (nSPS) is 11.8. The summed E-state index contributed by atoms with van der Waals surface area (Å²) in [6, 6.07) is 8.55. The summed E-state index contributed by atoms with van der Waals surface area (Å²) >= 11 is 0. The Bertz CT molecular complexity index is 326. The van der Waals surface area contributed by atoms with Crippen molar-refractivity contribution in [3.63, 3.8) is 0 Å².